The van der Waals surface area contributed by atoms with Crippen LogP contribution in [0.5, 0.6) is 0 Å². The lowest BCUT2D eigenvalue weighted by Crippen LogP contribution is -2.53. The van der Waals surface area contributed by atoms with Crippen LogP contribution in [0.25, 0.3) is 11.0 Å². The van der Waals surface area contributed by atoms with Gasteiger partial charge in [-0.25, -0.2) is 0 Å². The summed E-state index contributed by atoms with van der Waals surface area (Å²) in [5.41, 5.74) is 2.37. The Bertz CT molecular complexity index is 491. The van der Waals surface area contributed by atoms with Gasteiger partial charge in [0.2, 0.25) is 0 Å². The van der Waals surface area contributed by atoms with Crippen LogP contribution in [0.3, 0.4) is 0 Å². The molecule has 0 saturated heterocycles. The highest BCUT2D eigenvalue weighted by Gasteiger charge is 2.32. The van der Waals surface area contributed by atoms with E-state index in [9.17, 15) is 0 Å². The van der Waals surface area contributed by atoms with Crippen molar-refractivity contribution in [3.8, 4) is 0 Å². The van der Waals surface area contributed by atoms with Crippen LogP contribution in [0.1, 0.15) is 41.5 Å². The van der Waals surface area contributed by atoms with Crippen molar-refractivity contribution in [2.45, 2.75) is 52.6 Å². The van der Waals surface area contributed by atoms with Gasteiger partial charge in [0.05, 0.1) is 5.21 Å². The Morgan fingerprint density at radius 2 is 1.59 bits per heavy atom. The first-order valence-corrected chi connectivity index (χ1v) is 6.12. The average molecular weight is 232 g/mol. The van der Waals surface area contributed by atoms with Crippen LogP contribution in [0.2, 0.25) is 0 Å². The summed E-state index contributed by atoms with van der Waals surface area (Å²) in [6, 6.07) is 8.41. The van der Waals surface area contributed by atoms with Crippen LogP contribution in [-0.2, 0) is 11.1 Å². The number of hydrogen-bond donors (Lipinski definition) is 0. The molecule has 3 heteroatoms. The molecule has 92 valence electrons. The highest BCUT2D eigenvalue weighted by Crippen LogP contribution is 2.20. The van der Waals surface area contributed by atoms with E-state index in [-0.39, 0.29) is 11.1 Å². The Balaban J connectivity index is 2.81. The number of nitrogens with zero attached hydrogens (tertiary/aromatic N) is 3. The Hall–Kier alpha value is -1.38. The van der Waals surface area contributed by atoms with Gasteiger partial charge in [-0.15, -0.1) is 9.36 Å². The van der Waals surface area contributed by atoms with E-state index >= 15 is 0 Å². The maximum atomic E-state index is 4.77. The molecule has 0 aliphatic carbocycles. The molecule has 0 aliphatic rings. The summed E-state index contributed by atoms with van der Waals surface area (Å²) in [4.78, 5) is 0. The Morgan fingerprint density at radius 3 is 2.12 bits per heavy atom. The first-order chi connectivity index (χ1) is 7.71. The molecule has 2 aromatic rings. The number of aromatic nitrogens is 3. The Morgan fingerprint density at radius 1 is 1.00 bits per heavy atom. The van der Waals surface area contributed by atoms with E-state index in [1.165, 1.54) is 11.0 Å². The smallest absolute Gasteiger partial charge is 0.124 e. The lowest BCUT2D eigenvalue weighted by Gasteiger charge is -2.14. The molecule has 3 nitrogen and oxygen atoms in total. The van der Waals surface area contributed by atoms with E-state index in [4.69, 9.17) is 5.21 Å². The van der Waals surface area contributed by atoms with Crippen LogP contribution in [0.15, 0.2) is 24.3 Å². The normalized spacial score (nSPS) is 13.3. The van der Waals surface area contributed by atoms with Gasteiger partial charge in [-0.2, -0.15) is 0 Å². The lowest BCUT2D eigenvalue weighted by molar-refractivity contribution is -0.786. The molecule has 0 N–H and O–H groups in total. The van der Waals surface area contributed by atoms with Gasteiger partial charge >= 0.3 is 0 Å². The number of hydrogen-bond acceptors (Lipinski definition) is 1. The molecule has 0 spiro atoms. The van der Waals surface area contributed by atoms with Crippen LogP contribution < -0.4 is 4.68 Å². The van der Waals surface area contributed by atoms with Gasteiger partial charge in [-0.05, 0) is 53.7 Å². The molecule has 0 amide bonds. The molecule has 1 heterocycles. The van der Waals surface area contributed by atoms with Crippen LogP contribution in [-0.4, -0.2) is 9.90 Å². The maximum Gasteiger partial charge on any atom is 0.198 e. The zero-order valence-corrected chi connectivity index (χ0v) is 11.7. The molecule has 17 heavy (non-hydrogen) atoms. The topological polar surface area (TPSA) is 21.7 Å². The predicted octanol–water partition coefficient (Wildman–Crippen LogP) is 2.83. The minimum atomic E-state index is -0.00387. The summed E-state index contributed by atoms with van der Waals surface area (Å²) < 4.78 is 4.21. The van der Waals surface area contributed by atoms with Crippen LogP contribution >= 0.6 is 0 Å². The van der Waals surface area contributed by atoms with E-state index < -0.39 is 0 Å². The fourth-order valence-electron chi connectivity index (χ4n) is 2.00. The summed E-state index contributed by atoms with van der Waals surface area (Å²) in [6.07, 6.45) is 0. The molecule has 2 rings (SSSR count). The molecule has 1 aromatic carbocycles. The summed E-state index contributed by atoms with van der Waals surface area (Å²) in [7, 11) is 0. The third-order valence-electron chi connectivity index (χ3n) is 2.79. The van der Waals surface area contributed by atoms with Crippen molar-refractivity contribution >= 4 is 11.0 Å². The third kappa shape index (κ3) is 2.06. The second-order valence-electron chi connectivity index (χ2n) is 6.54. The number of fused-ring (bicyclic) bond motifs is 1. The zero-order valence-electron chi connectivity index (χ0n) is 11.7. The highest BCUT2D eigenvalue weighted by atomic mass is 15.5. The second-order valence-corrected chi connectivity index (χ2v) is 6.54. The molecule has 0 saturated carbocycles. The first kappa shape index (κ1) is 12.1. The molecular formula is C14H22N3+. The number of rotatable bonds is 0. The van der Waals surface area contributed by atoms with Gasteiger partial charge in [0.1, 0.15) is 11.1 Å². The number of para-hydroxylation sites is 2. The van der Waals surface area contributed by atoms with E-state index in [0.717, 1.165) is 0 Å². The molecule has 0 atom stereocenters. The van der Waals surface area contributed by atoms with Crippen molar-refractivity contribution in [2.75, 3.05) is 0 Å². The van der Waals surface area contributed by atoms with E-state index in [2.05, 4.69) is 75.2 Å². The SMILES string of the molecule is CC(C)(C)n1n[n+](C(C)(C)C)c2ccccc21. The molecule has 0 radical (unpaired) electrons. The van der Waals surface area contributed by atoms with Gasteiger partial charge in [0, 0.05) is 0 Å². The predicted molar refractivity (Wildman–Crippen MR) is 69.9 cm³/mol. The highest BCUT2D eigenvalue weighted by molar-refractivity contribution is 5.71. The van der Waals surface area contributed by atoms with Gasteiger partial charge in [0.15, 0.2) is 11.0 Å². The minimum absolute atomic E-state index is 0.00387. The molecule has 0 bridgehead atoms. The fourth-order valence-corrected chi connectivity index (χ4v) is 2.00. The van der Waals surface area contributed by atoms with Crippen molar-refractivity contribution in [3.63, 3.8) is 0 Å². The minimum Gasteiger partial charge on any atom is -0.124 e. The summed E-state index contributed by atoms with van der Waals surface area (Å²) >= 11 is 0. The molecule has 0 unspecified atom stereocenters. The standard InChI is InChI=1S/C14H22N3/c1-13(2,3)16-11-9-7-8-10-12(11)17(15-16)14(4,5)6/h7-10H,1-6H3/q+1. The van der Waals surface area contributed by atoms with E-state index in [1.807, 2.05) is 0 Å². The van der Waals surface area contributed by atoms with Crippen molar-refractivity contribution in [3.05, 3.63) is 24.3 Å². The van der Waals surface area contributed by atoms with Crippen LogP contribution in [0, 0.1) is 0 Å². The Kier molecular flexibility index (Phi) is 2.53. The van der Waals surface area contributed by atoms with Gasteiger partial charge in [0.25, 0.3) is 0 Å². The van der Waals surface area contributed by atoms with E-state index in [1.54, 1.807) is 0 Å². The monoisotopic (exact) mass is 232 g/mol. The lowest BCUT2D eigenvalue weighted by atomic mass is 10.1. The maximum absolute atomic E-state index is 4.77. The van der Waals surface area contributed by atoms with Gasteiger partial charge in [-0.3, -0.25) is 0 Å². The second kappa shape index (κ2) is 3.56. The molecule has 0 fully saturated rings. The third-order valence-corrected chi connectivity index (χ3v) is 2.79. The average Bonchev–Trinajstić information content (AvgIpc) is 2.55. The van der Waals surface area contributed by atoms with E-state index in [0.29, 0.717) is 0 Å². The van der Waals surface area contributed by atoms with Crippen molar-refractivity contribution in [2.24, 2.45) is 0 Å². The largest absolute Gasteiger partial charge is 0.198 e. The van der Waals surface area contributed by atoms with Crippen molar-refractivity contribution < 1.29 is 4.68 Å². The van der Waals surface area contributed by atoms with Crippen LogP contribution in [0.4, 0.5) is 0 Å². The first-order valence-electron chi connectivity index (χ1n) is 6.12. The number of benzene rings is 1. The summed E-state index contributed by atoms with van der Waals surface area (Å²) in [5.74, 6) is 0. The quantitative estimate of drug-likeness (QED) is 0.640. The summed E-state index contributed by atoms with van der Waals surface area (Å²) in [5, 5.41) is 4.77. The Labute approximate surface area is 103 Å². The molecule has 1 aromatic heterocycles. The zero-order chi connectivity index (χ0) is 12.8. The summed E-state index contributed by atoms with van der Waals surface area (Å²) in [6.45, 7) is 13.1. The fraction of sp³-hybridized carbons (Fsp3) is 0.571. The van der Waals surface area contributed by atoms with Gasteiger partial charge in [-0.1, -0.05) is 12.1 Å². The molecule has 0 aliphatic heterocycles. The van der Waals surface area contributed by atoms with Gasteiger partial charge < -0.3 is 0 Å². The molecular weight excluding hydrogens is 210 g/mol. The van der Waals surface area contributed by atoms with Crippen molar-refractivity contribution in [1.29, 1.82) is 0 Å². The van der Waals surface area contributed by atoms with Crippen molar-refractivity contribution in [1.82, 2.24) is 9.90 Å².